The third-order valence-corrected chi connectivity index (χ3v) is 4.72. The highest BCUT2D eigenvalue weighted by atomic mass is 16.5. The number of carbonyl (C=O) groups is 2. The number of methoxy groups -OCH3 is 1. The van der Waals surface area contributed by atoms with Crippen molar-refractivity contribution in [3.8, 4) is 0 Å². The minimum Gasteiger partial charge on any atom is -0.467 e. The van der Waals surface area contributed by atoms with Crippen LogP contribution in [-0.2, 0) is 9.53 Å². The Morgan fingerprint density at radius 3 is 2.45 bits per heavy atom. The first-order valence-corrected chi connectivity index (χ1v) is 7.13. The molecular weight excluding hydrogens is 254 g/mol. The molecule has 20 heavy (non-hydrogen) atoms. The molecule has 4 heteroatoms. The second-order valence-corrected chi connectivity index (χ2v) is 5.75. The quantitative estimate of drug-likeness (QED) is 0.776. The molecule has 0 spiro atoms. The van der Waals surface area contributed by atoms with Gasteiger partial charge in [0.2, 0.25) is 0 Å². The number of fused-ring (bicyclic) bond motifs is 3. The van der Waals surface area contributed by atoms with Gasteiger partial charge in [0.15, 0.2) is 0 Å². The normalized spacial score (nSPS) is 28.2. The van der Waals surface area contributed by atoms with E-state index in [0.29, 0.717) is 18.0 Å². The summed E-state index contributed by atoms with van der Waals surface area (Å²) in [5.41, 5.74) is -0.0977. The number of hydrogen-bond donors (Lipinski definition) is 0. The number of piperidine rings is 2. The Balaban J connectivity index is 1.95. The van der Waals surface area contributed by atoms with E-state index < -0.39 is 5.54 Å². The Labute approximate surface area is 118 Å². The zero-order chi connectivity index (χ0) is 14.2. The summed E-state index contributed by atoms with van der Waals surface area (Å²) < 4.78 is 4.99. The summed E-state index contributed by atoms with van der Waals surface area (Å²) in [4.78, 5) is 26.8. The largest absolute Gasteiger partial charge is 0.467 e. The van der Waals surface area contributed by atoms with E-state index in [0.717, 1.165) is 25.7 Å². The molecule has 0 radical (unpaired) electrons. The Morgan fingerprint density at radius 1 is 1.20 bits per heavy atom. The minimum absolute atomic E-state index is 0.0552. The van der Waals surface area contributed by atoms with Gasteiger partial charge >= 0.3 is 5.97 Å². The van der Waals surface area contributed by atoms with E-state index in [4.69, 9.17) is 4.74 Å². The van der Waals surface area contributed by atoms with Crippen LogP contribution in [0.1, 0.15) is 36.0 Å². The van der Waals surface area contributed by atoms with Crippen LogP contribution in [0.3, 0.4) is 0 Å². The van der Waals surface area contributed by atoms with E-state index in [1.807, 2.05) is 18.2 Å². The monoisotopic (exact) mass is 273 g/mol. The third kappa shape index (κ3) is 1.90. The van der Waals surface area contributed by atoms with Crippen LogP contribution in [0, 0.1) is 5.92 Å². The number of nitrogens with zero attached hydrogens (tertiary/aromatic N) is 1. The van der Waals surface area contributed by atoms with Gasteiger partial charge < -0.3 is 9.64 Å². The summed E-state index contributed by atoms with van der Waals surface area (Å²) in [6.07, 6.45) is 3.47. The van der Waals surface area contributed by atoms with Crippen LogP contribution in [0.25, 0.3) is 0 Å². The average Bonchev–Trinajstić information content (AvgIpc) is 2.55. The maximum absolute atomic E-state index is 12.7. The fraction of sp³-hybridized carbons (Fsp3) is 0.500. The molecule has 1 amide bonds. The molecular formula is C16H19NO3. The van der Waals surface area contributed by atoms with Crippen molar-refractivity contribution in [1.29, 1.82) is 0 Å². The first-order chi connectivity index (χ1) is 9.67. The van der Waals surface area contributed by atoms with E-state index in [9.17, 15) is 9.59 Å². The Hall–Kier alpha value is -1.84. The Kier molecular flexibility index (Phi) is 3.24. The standard InChI is InChI=1S/C16H19NO3/c1-20-15(19)16-9-7-12(8-10-16)11-17(16)14(18)13-5-3-2-4-6-13/h2-6,12H,7-11H2,1H3. The van der Waals surface area contributed by atoms with Crippen molar-refractivity contribution in [2.24, 2.45) is 5.92 Å². The lowest BCUT2D eigenvalue weighted by Gasteiger charge is -2.52. The van der Waals surface area contributed by atoms with Gasteiger partial charge in [0.05, 0.1) is 7.11 Å². The smallest absolute Gasteiger partial charge is 0.331 e. The highest BCUT2D eigenvalue weighted by Crippen LogP contribution is 2.44. The van der Waals surface area contributed by atoms with Crippen LogP contribution >= 0.6 is 0 Å². The second-order valence-electron chi connectivity index (χ2n) is 5.75. The maximum atomic E-state index is 12.7. The van der Waals surface area contributed by atoms with Crippen LogP contribution < -0.4 is 0 Å². The van der Waals surface area contributed by atoms with Crippen molar-refractivity contribution >= 4 is 11.9 Å². The van der Waals surface area contributed by atoms with E-state index >= 15 is 0 Å². The highest BCUT2D eigenvalue weighted by Gasteiger charge is 2.54. The van der Waals surface area contributed by atoms with Crippen molar-refractivity contribution < 1.29 is 14.3 Å². The molecule has 1 aliphatic carbocycles. The molecule has 1 saturated carbocycles. The van der Waals surface area contributed by atoms with E-state index in [1.165, 1.54) is 7.11 Å². The summed E-state index contributed by atoms with van der Waals surface area (Å²) in [5.74, 6) is 0.203. The molecule has 3 fully saturated rings. The molecule has 1 aromatic carbocycles. The van der Waals surface area contributed by atoms with Gasteiger partial charge in [-0.25, -0.2) is 4.79 Å². The number of rotatable bonds is 2. The fourth-order valence-electron chi connectivity index (χ4n) is 3.56. The molecule has 106 valence electrons. The van der Waals surface area contributed by atoms with Gasteiger partial charge in [-0.1, -0.05) is 18.2 Å². The summed E-state index contributed by atoms with van der Waals surface area (Å²) in [6.45, 7) is 0.669. The number of hydrogen-bond acceptors (Lipinski definition) is 3. The van der Waals surface area contributed by atoms with Crippen molar-refractivity contribution in [1.82, 2.24) is 4.90 Å². The topological polar surface area (TPSA) is 46.6 Å². The van der Waals surface area contributed by atoms with Crippen molar-refractivity contribution in [2.45, 2.75) is 31.2 Å². The second kappa shape index (κ2) is 4.93. The van der Waals surface area contributed by atoms with E-state index in [2.05, 4.69) is 0 Å². The molecule has 4 rings (SSSR count). The van der Waals surface area contributed by atoms with Crippen molar-refractivity contribution in [2.75, 3.05) is 13.7 Å². The summed E-state index contributed by atoms with van der Waals surface area (Å²) >= 11 is 0. The molecule has 2 saturated heterocycles. The predicted octanol–water partition coefficient (Wildman–Crippen LogP) is 2.24. The average molecular weight is 273 g/mol. The molecule has 0 unspecified atom stereocenters. The minimum atomic E-state index is -0.740. The molecule has 0 N–H and O–H groups in total. The summed E-state index contributed by atoms with van der Waals surface area (Å²) in [5, 5.41) is 0. The predicted molar refractivity (Wildman–Crippen MR) is 74.2 cm³/mol. The lowest BCUT2D eigenvalue weighted by Crippen LogP contribution is -2.64. The van der Waals surface area contributed by atoms with Gasteiger partial charge in [0.1, 0.15) is 5.54 Å². The molecule has 0 aromatic heterocycles. The molecule has 1 aromatic rings. The number of esters is 1. The molecule has 2 bridgehead atoms. The molecule has 3 aliphatic rings. The summed E-state index contributed by atoms with van der Waals surface area (Å²) in [7, 11) is 1.41. The number of amides is 1. The molecule has 2 aliphatic heterocycles. The zero-order valence-electron chi connectivity index (χ0n) is 11.7. The van der Waals surface area contributed by atoms with Gasteiger partial charge in [-0.2, -0.15) is 0 Å². The van der Waals surface area contributed by atoms with Crippen LogP contribution in [-0.4, -0.2) is 36.0 Å². The van der Waals surface area contributed by atoms with E-state index in [-0.39, 0.29) is 11.9 Å². The molecule has 2 heterocycles. The maximum Gasteiger partial charge on any atom is 0.331 e. The van der Waals surface area contributed by atoms with Gasteiger partial charge in [-0.05, 0) is 43.7 Å². The summed E-state index contributed by atoms with van der Waals surface area (Å²) in [6, 6.07) is 9.18. The van der Waals surface area contributed by atoms with E-state index in [1.54, 1.807) is 17.0 Å². The van der Waals surface area contributed by atoms with Gasteiger partial charge in [-0.3, -0.25) is 4.79 Å². The lowest BCUT2D eigenvalue weighted by atomic mass is 9.70. The molecule has 0 atom stereocenters. The number of carbonyl (C=O) groups excluding carboxylic acids is 2. The Bertz CT molecular complexity index is 518. The third-order valence-electron chi connectivity index (χ3n) is 4.72. The van der Waals surface area contributed by atoms with Crippen molar-refractivity contribution in [3.63, 3.8) is 0 Å². The van der Waals surface area contributed by atoms with Crippen molar-refractivity contribution in [3.05, 3.63) is 35.9 Å². The van der Waals surface area contributed by atoms with Crippen LogP contribution in [0.2, 0.25) is 0 Å². The fourth-order valence-corrected chi connectivity index (χ4v) is 3.56. The molecule has 4 nitrogen and oxygen atoms in total. The number of benzene rings is 1. The van der Waals surface area contributed by atoms with Gasteiger partial charge in [0, 0.05) is 12.1 Å². The highest BCUT2D eigenvalue weighted by molar-refractivity contribution is 5.98. The van der Waals surface area contributed by atoms with Crippen LogP contribution in [0.5, 0.6) is 0 Å². The van der Waals surface area contributed by atoms with Crippen LogP contribution in [0.4, 0.5) is 0 Å². The van der Waals surface area contributed by atoms with Gasteiger partial charge in [-0.15, -0.1) is 0 Å². The SMILES string of the molecule is COC(=O)C12CCC(CC1)CN2C(=O)c1ccccc1. The van der Waals surface area contributed by atoms with Gasteiger partial charge in [0.25, 0.3) is 5.91 Å². The first-order valence-electron chi connectivity index (χ1n) is 7.13. The number of ether oxygens (including phenoxy) is 1. The Morgan fingerprint density at radius 2 is 1.85 bits per heavy atom. The first kappa shape index (κ1) is 13.2. The van der Waals surface area contributed by atoms with Crippen LogP contribution in [0.15, 0.2) is 30.3 Å². The lowest BCUT2D eigenvalue weighted by molar-refractivity contribution is -0.161. The zero-order valence-corrected chi connectivity index (χ0v) is 11.7.